The molecular formula is C22H21N7O5S4. The van der Waals surface area contributed by atoms with Crippen LogP contribution in [-0.4, -0.2) is 78.1 Å². The highest BCUT2D eigenvalue weighted by atomic mass is 32.2. The van der Waals surface area contributed by atoms with Gasteiger partial charge in [0.15, 0.2) is 15.2 Å². The van der Waals surface area contributed by atoms with Gasteiger partial charge in [-0.25, -0.2) is 4.98 Å². The Bertz CT molecular complexity index is 1350. The van der Waals surface area contributed by atoms with Crippen LogP contribution in [0.3, 0.4) is 0 Å². The monoisotopic (exact) mass is 591 g/mol. The molecule has 2 aromatic heterocycles. The number of benzene rings is 1. The highest BCUT2D eigenvalue weighted by molar-refractivity contribution is 8.01. The van der Waals surface area contributed by atoms with Gasteiger partial charge in [0.1, 0.15) is 34.6 Å². The number of nitrogen functional groups attached to an aromatic ring is 1. The lowest BCUT2D eigenvalue weighted by molar-refractivity contribution is -0.157. The molecule has 0 bridgehead atoms. The minimum absolute atomic E-state index is 0.0424. The van der Waals surface area contributed by atoms with Gasteiger partial charge in [0.25, 0.3) is 5.91 Å². The van der Waals surface area contributed by atoms with E-state index >= 15 is 0 Å². The van der Waals surface area contributed by atoms with E-state index in [1.807, 2.05) is 30.3 Å². The SMILES string of the molecule is Nc1nc(C(=NOCc2ccccc2)C(=O)NC2C(=O)N3CC(CSc4nncs4)(C(=O)O)CS[C@H]23)cs1. The molecule has 4 heterocycles. The second-order valence-electron chi connectivity index (χ2n) is 8.47. The van der Waals surface area contributed by atoms with Crippen molar-refractivity contribution < 1.29 is 24.3 Å². The molecule has 2 aliphatic heterocycles. The lowest BCUT2D eigenvalue weighted by Crippen LogP contribution is -2.74. The number of hydrogen-bond acceptors (Lipinski definition) is 13. The minimum Gasteiger partial charge on any atom is -0.481 e. The Labute approximate surface area is 233 Å². The molecule has 0 aliphatic carbocycles. The molecule has 2 unspecified atom stereocenters. The van der Waals surface area contributed by atoms with Gasteiger partial charge in [-0.2, -0.15) is 0 Å². The van der Waals surface area contributed by atoms with Gasteiger partial charge in [0.2, 0.25) is 5.91 Å². The van der Waals surface area contributed by atoms with E-state index in [0.717, 1.165) is 16.9 Å². The number of anilines is 1. The van der Waals surface area contributed by atoms with Gasteiger partial charge < -0.3 is 25.9 Å². The molecule has 0 radical (unpaired) electrons. The number of nitrogens with two attached hydrogens (primary N) is 1. The summed E-state index contributed by atoms with van der Waals surface area (Å²) in [7, 11) is 0. The minimum atomic E-state index is -1.14. The van der Waals surface area contributed by atoms with E-state index < -0.39 is 28.7 Å². The third-order valence-electron chi connectivity index (χ3n) is 5.91. The molecule has 198 valence electrons. The summed E-state index contributed by atoms with van der Waals surface area (Å²) < 4.78 is 0.668. The summed E-state index contributed by atoms with van der Waals surface area (Å²) in [5.74, 6) is -1.45. The van der Waals surface area contributed by atoms with Crippen molar-refractivity contribution in [2.75, 3.05) is 23.8 Å². The molecule has 1 aromatic carbocycles. The summed E-state index contributed by atoms with van der Waals surface area (Å²) in [5, 5.41) is 25.9. The van der Waals surface area contributed by atoms with Gasteiger partial charge in [-0.15, -0.1) is 33.3 Å². The fraction of sp³-hybridized carbons (Fsp3) is 0.318. The third kappa shape index (κ3) is 5.48. The first-order chi connectivity index (χ1) is 18.4. The molecule has 0 spiro atoms. The average molecular weight is 592 g/mol. The van der Waals surface area contributed by atoms with Crippen LogP contribution in [0.15, 0.2) is 50.7 Å². The van der Waals surface area contributed by atoms with Crippen molar-refractivity contribution in [2.45, 2.75) is 22.4 Å². The third-order valence-corrected chi connectivity index (χ3v) is 10.3. The summed E-state index contributed by atoms with van der Waals surface area (Å²) >= 11 is 5.11. The van der Waals surface area contributed by atoms with Crippen molar-refractivity contribution in [3.8, 4) is 0 Å². The van der Waals surface area contributed by atoms with Gasteiger partial charge in [-0.05, 0) is 5.56 Å². The number of carboxylic acids is 1. The average Bonchev–Trinajstić information content (AvgIpc) is 3.60. The maximum Gasteiger partial charge on any atom is 0.313 e. The zero-order chi connectivity index (χ0) is 26.7. The van der Waals surface area contributed by atoms with Crippen LogP contribution in [0.1, 0.15) is 11.3 Å². The number of thiazole rings is 1. The Morgan fingerprint density at radius 1 is 1.32 bits per heavy atom. The van der Waals surface area contributed by atoms with Crippen LogP contribution in [0.5, 0.6) is 0 Å². The molecule has 38 heavy (non-hydrogen) atoms. The predicted molar refractivity (Wildman–Crippen MR) is 145 cm³/mol. The fourth-order valence-electron chi connectivity index (χ4n) is 3.89. The Morgan fingerprint density at radius 2 is 2.13 bits per heavy atom. The lowest BCUT2D eigenvalue weighted by Gasteiger charge is -2.53. The number of carboxylic acid groups (broad SMARTS) is 1. The Morgan fingerprint density at radius 3 is 2.82 bits per heavy atom. The van der Waals surface area contributed by atoms with Crippen LogP contribution < -0.4 is 11.1 Å². The van der Waals surface area contributed by atoms with Gasteiger partial charge >= 0.3 is 5.97 Å². The number of oxime groups is 1. The molecule has 3 atom stereocenters. The number of hydrogen-bond donors (Lipinski definition) is 3. The van der Waals surface area contributed by atoms with Crippen LogP contribution in [0.4, 0.5) is 5.13 Å². The molecule has 3 aromatic rings. The van der Waals surface area contributed by atoms with Gasteiger partial charge in [-0.3, -0.25) is 14.4 Å². The number of carbonyl (C=O) groups is 3. The number of carbonyl (C=O) groups excluding carboxylic acids is 2. The number of fused-ring (bicyclic) bond motifs is 1. The van der Waals surface area contributed by atoms with Crippen molar-refractivity contribution >= 4 is 74.8 Å². The summed E-state index contributed by atoms with van der Waals surface area (Å²) in [6.45, 7) is 0.180. The second kappa shape index (κ2) is 11.3. The van der Waals surface area contributed by atoms with Crippen molar-refractivity contribution in [3.63, 3.8) is 0 Å². The molecule has 5 rings (SSSR count). The van der Waals surface area contributed by atoms with Crippen LogP contribution in [-0.2, 0) is 25.8 Å². The van der Waals surface area contributed by atoms with Crippen LogP contribution in [0.25, 0.3) is 0 Å². The molecule has 0 saturated carbocycles. The molecule has 12 nitrogen and oxygen atoms in total. The standard InChI is InChI=1S/C22H21N7O5S4/c23-20-25-13(7-35-20)14(28-34-6-12-4-2-1-3-5-12)16(30)26-15-17(31)29-8-22(19(32)33,9-36-18(15)29)10-37-21-27-24-11-38-21/h1-5,7,11,15,18H,6,8-10H2,(H2,23,25)(H,26,30)(H,32,33)/t15?,18-,22?/m1/s1. The van der Waals surface area contributed by atoms with E-state index in [2.05, 4.69) is 25.7 Å². The van der Waals surface area contributed by atoms with Crippen LogP contribution in [0, 0.1) is 5.41 Å². The highest BCUT2D eigenvalue weighted by Crippen LogP contribution is 2.44. The number of amides is 2. The van der Waals surface area contributed by atoms with Gasteiger partial charge in [0, 0.05) is 23.4 Å². The Hall–Kier alpha value is -3.21. The quantitative estimate of drug-likeness (QED) is 0.136. The molecule has 16 heteroatoms. The maximum atomic E-state index is 13.2. The van der Waals surface area contributed by atoms with E-state index in [0.29, 0.717) is 4.34 Å². The molecule has 2 fully saturated rings. The summed E-state index contributed by atoms with van der Waals surface area (Å²) in [5.41, 5.74) is 7.18. The first kappa shape index (κ1) is 26.4. The molecule has 2 saturated heterocycles. The number of rotatable bonds is 10. The second-order valence-corrected chi connectivity index (χ2v) is 12.5. The zero-order valence-corrected chi connectivity index (χ0v) is 22.8. The lowest BCUT2D eigenvalue weighted by atomic mass is 9.89. The molecule has 4 N–H and O–H groups in total. The maximum absolute atomic E-state index is 13.2. The number of aromatic nitrogens is 3. The van der Waals surface area contributed by atoms with Gasteiger partial charge in [0.05, 0.1) is 0 Å². The number of thioether (sulfide) groups is 2. The normalized spacial score (nSPS) is 22.9. The smallest absolute Gasteiger partial charge is 0.313 e. The summed E-state index contributed by atoms with van der Waals surface area (Å²) in [6.07, 6.45) is 0. The topological polar surface area (TPSA) is 173 Å². The predicted octanol–water partition coefficient (Wildman–Crippen LogP) is 1.76. The molecule has 2 aliphatic rings. The van der Waals surface area contributed by atoms with E-state index in [9.17, 15) is 19.5 Å². The van der Waals surface area contributed by atoms with E-state index in [-0.39, 0.29) is 47.1 Å². The van der Waals surface area contributed by atoms with Crippen molar-refractivity contribution in [1.29, 1.82) is 0 Å². The van der Waals surface area contributed by atoms with E-state index in [1.54, 1.807) is 10.9 Å². The van der Waals surface area contributed by atoms with Crippen LogP contribution >= 0.6 is 46.2 Å². The number of aliphatic carboxylic acids is 1. The first-order valence-electron chi connectivity index (χ1n) is 11.2. The largest absolute Gasteiger partial charge is 0.481 e. The number of nitrogens with zero attached hydrogens (tertiary/aromatic N) is 5. The summed E-state index contributed by atoms with van der Waals surface area (Å²) in [4.78, 5) is 49.5. The number of nitrogens with one attached hydrogen (secondary N) is 1. The van der Waals surface area contributed by atoms with E-state index in [4.69, 9.17) is 10.6 Å². The zero-order valence-electron chi connectivity index (χ0n) is 19.6. The van der Waals surface area contributed by atoms with Gasteiger partial charge in [-0.1, -0.05) is 58.6 Å². The summed E-state index contributed by atoms with van der Waals surface area (Å²) in [6, 6.07) is 8.50. The Kier molecular flexibility index (Phi) is 7.83. The van der Waals surface area contributed by atoms with Crippen LogP contribution in [0.2, 0.25) is 0 Å². The molecular weight excluding hydrogens is 571 g/mol. The highest BCUT2D eigenvalue weighted by Gasteiger charge is 2.57. The van der Waals surface area contributed by atoms with Crippen molar-refractivity contribution in [1.82, 2.24) is 25.4 Å². The number of β-lactam (4-membered cyclic amide) rings is 1. The fourth-order valence-corrected chi connectivity index (χ4v) is 7.78. The van der Waals surface area contributed by atoms with E-state index in [1.165, 1.54) is 39.8 Å². The van der Waals surface area contributed by atoms with Crippen molar-refractivity contribution in [2.24, 2.45) is 10.6 Å². The Balaban J connectivity index is 1.25. The first-order valence-corrected chi connectivity index (χ1v) is 15.0. The molecule has 2 amide bonds. The van der Waals surface area contributed by atoms with Crippen molar-refractivity contribution in [3.05, 3.63) is 52.5 Å².